The number of carbonyl (C=O) groups excluding carboxylic acids is 3. The lowest BCUT2D eigenvalue weighted by Gasteiger charge is -2.26. The fraction of sp³-hybridized carbons (Fsp3) is 0.267. The van der Waals surface area contributed by atoms with Crippen LogP contribution in [-0.2, 0) is 14.4 Å². The monoisotopic (exact) mass is 322 g/mol. The molecule has 0 aliphatic carbocycles. The maximum Gasteiger partial charge on any atom is 0.290 e. The summed E-state index contributed by atoms with van der Waals surface area (Å²) in [6, 6.07) is 5.58. The normalized spacial score (nSPS) is 18.0. The van der Waals surface area contributed by atoms with E-state index in [9.17, 15) is 24.6 Å². The van der Waals surface area contributed by atoms with Gasteiger partial charge in [-0.3, -0.25) is 9.59 Å². The van der Waals surface area contributed by atoms with Gasteiger partial charge in [-0.1, -0.05) is 23.7 Å². The van der Waals surface area contributed by atoms with E-state index in [0.29, 0.717) is 10.6 Å². The zero-order valence-corrected chi connectivity index (χ0v) is 12.5. The van der Waals surface area contributed by atoms with Crippen molar-refractivity contribution in [3.8, 4) is 0 Å². The van der Waals surface area contributed by atoms with Crippen molar-refractivity contribution in [3.63, 3.8) is 0 Å². The van der Waals surface area contributed by atoms with Crippen molar-refractivity contribution < 1.29 is 24.6 Å². The van der Waals surface area contributed by atoms with Gasteiger partial charge in [0, 0.05) is 24.0 Å². The number of amides is 1. The molecule has 1 atom stereocenters. The highest BCUT2D eigenvalue weighted by molar-refractivity contribution is 6.30. The van der Waals surface area contributed by atoms with Gasteiger partial charge in [-0.25, -0.2) is 0 Å². The number of Topliss-reactive ketones (excluding diaryl/α,β-unsaturated/α-hetero) is 1. The van der Waals surface area contributed by atoms with Crippen LogP contribution in [0.15, 0.2) is 35.6 Å². The van der Waals surface area contributed by atoms with Crippen molar-refractivity contribution in [2.75, 3.05) is 6.54 Å². The first kappa shape index (κ1) is 16.0. The molecule has 1 aliphatic heterocycles. The minimum Gasteiger partial charge on any atom is -0.550 e. The molecule has 1 aromatic rings. The molecule has 7 heteroatoms. The molecule has 0 unspecified atom stereocenters. The maximum atomic E-state index is 12.1. The van der Waals surface area contributed by atoms with Crippen LogP contribution < -0.4 is 5.11 Å². The van der Waals surface area contributed by atoms with Crippen LogP contribution in [0.5, 0.6) is 0 Å². The van der Waals surface area contributed by atoms with Crippen LogP contribution in [-0.4, -0.2) is 34.2 Å². The van der Waals surface area contributed by atoms with Gasteiger partial charge in [0.15, 0.2) is 11.5 Å². The van der Waals surface area contributed by atoms with Gasteiger partial charge in [0.2, 0.25) is 0 Å². The van der Waals surface area contributed by atoms with E-state index < -0.39 is 35.9 Å². The summed E-state index contributed by atoms with van der Waals surface area (Å²) >= 11 is 5.82. The number of aliphatic hydroxyl groups excluding tert-OH is 1. The number of carboxylic acid groups (broad SMARTS) is 1. The zero-order valence-electron chi connectivity index (χ0n) is 11.7. The number of hydrogen-bond donors (Lipinski definition) is 1. The van der Waals surface area contributed by atoms with Gasteiger partial charge in [0.05, 0.1) is 11.6 Å². The number of carbonyl (C=O) groups is 3. The van der Waals surface area contributed by atoms with Crippen LogP contribution in [0.1, 0.15) is 24.9 Å². The number of aliphatic hydroxyl groups is 1. The molecule has 0 aromatic heterocycles. The largest absolute Gasteiger partial charge is 0.550 e. The Hall–Kier alpha value is -2.34. The third-order valence-electron chi connectivity index (χ3n) is 3.43. The Balaban J connectivity index is 2.45. The SMILES string of the molecule is CC(=O)C1=C(O)C(=O)N(CCC(=O)[O-])[C@H]1c1ccc(Cl)cc1. The molecule has 0 saturated carbocycles. The van der Waals surface area contributed by atoms with Crippen LogP contribution in [0.3, 0.4) is 0 Å². The lowest BCUT2D eigenvalue weighted by Crippen LogP contribution is -2.35. The second-order valence-electron chi connectivity index (χ2n) is 4.89. The Morgan fingerprint density at radius 1 is 1.32 bits per heavy atom. The molecule has 0 saturated heterocycles. The van der Waals surface area contributed by atoms with E-state index in [0.717, 1.165) is 4.90 Å². The third kappa shape index (κ3) is 2.96. The summed E-state index contributed by atoms with van der Waals surface area (Å²) in [6.45, 7) is 1.07. The molecule has 1 aliphatic rings. The number of halogens is 1. The second-order valence-corrected chi connectivity index (χ2v) is 5.33. The van der Waals surface area contributed by atoms with E-state index in [-0.39, 0.29) is 12.1 Å². The minimum absolute atomic E-state index is 0.0503. The van der Waals surface area contributed by atoms with Crippen molar-refractivity contribution in [1.82, 2.24) is 4.90 Å². The molecule has 6 nitrogen and oxygen atoms in total. The highest BCUT2D eigenvalue weighted by Crippen LogP contribution is 2.37. The van der Waals surface area contributed by atoms with Gasteiger partial charge in [-0.15, -0.1) is 0 Å². The molecule has 1 aromatic carbocycles. The summed E-state index contributed by atoms with van der Waals surface area (Å²) in [7, 11) is 0. The third-order valence-corrected chi connectivity index (χ3v) is 3.68. The van der Waals surface area contributed by atoms with E-state index in [4.69, 9.17) is 11.6 Å². The Labute approximate surface area is 131 Å². The van der Waals surface area contributed by atoms with Gasteiger partial charge in [-0.05, 0) is 24.6 Å². The van der Waals surface area contributed by atoms with Crippen LogP contribution in [0.4, 0.5) is 0 Å². The van der Waals surface area contributed by atoms with E-state index in [1.165, 1.54) is 6.92 Å². The average Bonchev–Trinajstić information content (AvgIpc) is 2.70. The molecular weight excluding hydrogens is 310 g/mol. The molecule has 1 heterocycles. The van der Waals surface area contributed by atoms with E-state index in [2.05, 4.69) is 0 Å². The standard InChI is InChI=1S/C15H14ClNO5/c1-8(18)12-13(9-2-4-10(16)5-3-9)17(7-6-11(19)20)15(22)14(12)21/h2-5,13,21H,6-7H2,1H3,(H,19,20)/p-1/t13-/m0/s1. The number of rotatable bonds is 5. The van der Waals surface area contributed by atoms with Crippen molar-refractivity contribution in [1.29, 1.82) is 0 Å². The molecule has 1 amide bonds. The summed E-state index contributed by atoms with van der Waals surface area (Å²) in [5.41, 5.74) is 0.510. The summed E-state index contributed by atoms with van der Waals surface area (Å²) in [6.07, 6.45) is -0.395. The minimum atomic E-state index is -1.32. The smallest absolute Gasteiger partial charge is 0.290 e. The first-order valence-corrected chi connectivity index (χ1v) is 6.91. The van der Waals surface area contributed by atoms with Crippen molar-refractivity contribution in [2.24, 2.45) is 0 Å². The quantitative estimate of drug-likeness (QED) is 0.863. The maximum absolute atomic E-state index is 12.1. The lowest BCUT2D eigenvalue weighted by atomic mass is 9.97. The highest BCUT2D eigenvalue weighted by Gasteiger charge is 2.41. The lowest BCUT2D eigenvalue weighted by molar-refractivity contribution is -0.305. The molecule has 2 rings (SSSR count). The highest BCUT2D eigenvalue weighted by atomic mass is 35.5. The van der Waals surface area contributed by atoms with E-state index >= 15 is 0 Å². The van der Waals surface area contributed by atoms with Crippen LogP contribution in [0.25, 0.3) is 0 Å². The van der Waals surface area contributed by atoms with Crippen molar-refractivity contribution in [3.05, 3.63) is 46.2 Å². The fourth-order valence-electron chi connectivity index (χ4n) is 2.45. The number of aliphatic carboxylic acids is 1. The molecule has 0 fully saturated rings. The number of nitrogens with zero attached hydrogens (tertiary/aromatic N) is 1. The predicted octanol–water partition coefficient (Wildman–Crippen LogP) is 0.764. The Bertz CT molecular complexity index is 665. The number of benzene rings is 1. The molecule has 116 valence electrons. The van der Waals surface area contributed by atoms with Gasteiger partial charge < -0.3 is 19.9 Å². The fourth-order valence-corrected chi connectivity index (χ4v) is 2.57. The Kier molecular flexibility index (Phi) is 4.51. The van der Waals surface area contributed by atoms with Crippen molar-refractivity contribution in [2.45, 2.75) is 19.4 Å². The molecule has 1 N–H and O–H groups in total. The van der Waals surface area contributed by atoms with Crippen LogP contribution in [0.2, 0.25) is 5.02 Å². The summed E-state index contributed by atoms with van der Waals surface area (Å²) in [5.74, 6) is -3.20. The molecular formula is C15H13ClNO5-. The predicted molar refractivity (Wildman–Crippen MR) is 75.9 cm³/mol. The number of ketones is 1. The summed E-state index contributed by atoms with van der Waals surface area (Å²) in [4.78, 5) is 35.7. The Morgan fingerprint density at radius 2 is 1.91 bits per heavy atom. The van der Waals surface area contributed by atoms with Gasteiger partial charge >= 0.3 is 0 Å². The van der Waals surface area contributed by atoms with E-state index in [1.807, 2.05) is 0 Å². The van der Waals surface area contributed by atoms with Crippen LogP contribution >= 0.6 is 11.6 Å². The second kappa shape index (κ2) is 6.19. The summed E-state index contributed by atoms with van der Waals surface area (Å²) in [5, 5.41) is 21.0. The van der Waals surface area contributed by atoms with Gasteiger partial charge in [-0.2, -0.15) is 0 Å². The molecule has 0 bridgehead atoms. The number of carboxylic acids is 1. The van der Waals surface area contributed by atoms with Crippen LogP contribution in [0, 0.1) is 0 Å². The molecule has 0 radical (unpaired) electrons. The zero-order chi connectivity index (χ0) is 16.4. The topological polar surface area (TPSA) is 97.7 Å². The average molecular weight is 323 g/mol. The summed E-state index contributed by atoms with van der Waals surface area (Å²) < 4.78 is 0. The molecule has 22 heavy (non-hydrogen) atoms. The molecule has 0 spiro atoms. The first-order valence-electron chi connectivity index (χ1n) is 6.53. The van der Waals surface area contributed by atoms with Crippen molar-refractivity contribution >= 4 is 29.3 Å². The van der Waals surface area contributed by atoms with E-state index in [1.54, 1.807) is 24.3 Å². The first-order chi connectivity index (χ1) is 10.3. The van der Waals surface area contributed by atoms with Gasteiger partial charge in [0.1, 0.15) is 0 Å². The Morgan fingerprint density at radius 3 is 2.41 bits per heavy atom. The number of hydrogen-bond acceptors (Lipinski definition) is 5. The van der Waals surface area contributed by atoms with Gasteiger partial charge in [0.25, 0.3) is 5.91 Å².